The third-order valence-corrected chi connectivity index (χ3v) is 9.23. The van der Waals surface area contributed by atoms with Crippen molar-refractivity contribution >= 4 is 19.6 Å². The number of hydrogen-bond donors (Lipinski definition) is 1. The van der Waals surface area contributed by atoms with Gasteiger partial charge in [-0.2, -0.15) is 11.8 Å². The quantitative estimate of drug-likeness (QED) is 0.0879. The normalized spacial score (nSPS) is 21.0. The molecule has 1 rings (SSSR count). The fourth-order valence-electron chi connectivity index (χ4n) is 4.54. The van der Waals surface area contributed by atoms with Crippen molar-refractivity contribution in [2.75, 3.05) is 40.0 Å². The summed E-state index contributed by atoms with van der Waals surface area (Å²) in [6.07, 6.45) is 23.4. The Balaban J connectivity index is 1.97. The molecule has 1 aliphatic rings. The van der Waals surface area contributed by atoms with Gasteiger partial charge in [0.15, 0.2) is 0 Å². The standard InChI is InChI=1S/C27H56NO4PS/c1-5-6-7-8-9-10-11-12-13-14-15-16-17-18-24-34-27-21-19-20-26(25-27)32-33(29,30)31-23-22-28(2,3)4/h26-27H,5-25H2,1-4H3/p+1/t26-,27-/m1/s1. The van der Waals surface area contributed by atoms with Crippen molar-refractivity contribution < 1.29 is 23.0 Å². The zero-order valence-electron chi connectivity index (χ0n) is 23.0. The van der Waals surface area contributed by atoms with E-state index in [2.05, 4.69) is 6.92 Å². The zero-order valence-corrected chi connectivity index (χ0v) is 24.7. The summed E-state index contributed by atoms with van der Waals surface area (Å²) in [7, 11) is 2.15. The van der Waals surface area contributed by atoms with Crippen LogP contribution in [0.1, 0.15) is 122 Å². The van der Waals surface area contributed by atoms with Gasteiger partial charge in [-0.25, -0.2) is 4.57 Å². The van der Waals surface area contributed by atoms with Crippen molar-refractivity contribution in [3.63, 3.8) is 0 Å². The first-order valence-corrected chi connectivity index (χ1v) is 16.8. The van der Waals surface area contributed by atoms with E-state index < -0.39 is 7.82 Å². The molecule has 204 valence electrons. The first kappa shape index (κ1) is 32.4. The lowest BCUT2D eigenvalue weighted by atomic mass is 9.97. The van der Waals surface area contributed by atoms with Crippen molar-refractivity contribution in [2.45, 2.75) is 134 Å². The molecule has 0 aromatic carbocycles. The summed E-state index contributed by atoms with van der Waals surface area (Å²) >= 11 is 2.04. The minimum atomic E-state index is -3.96. The van der Waals surface area contributed by atoms with Crippen LogP contribution < -0.4 is 0 Å². The van der Waals surface area contributed by atoms with Gasteiger partial charge in [0, 0.05) is 5.25 Å². The average Bonchev–Trinajstić information content (AvgIpc) is 2.75. The van der Waals surface area contributed by atoms with Crippen molar-refractivity contribution in [1.29, 1.82) is 0 Å². The molecular weight excluding hydrogens is 465 g/mol. The molecule has 0 bridgehead atoms. The molecule has 0 heterocycles. The molecule has 0 radical (unpaired) electrons. The van der Waals surface area contributed by atoms with Gasteiger partial charge in [0.05, 0.1) is 27.2 Å². The molecule has 1 fully saturated rings. The van der Waals surface area contributed by atoms with Crippen LogP contribution in [-0.2, 0) is 13.6 Å². The van der Waals surface area contributed by atoms with Crippen LogP contribution in [0.4, 0.5) is 0 Å². The Morgan fingerprint density at radius 2 is 1.38 bits per heavy atom. The van der Waals surface area contributed by atoms with Crippen LogP contribution >= 0.6 is 19.6 Å². The highest BCUT2D eigenvalue weighted by molar-refractivity contribution is 7.99. The van der Waals surface area contributed by atoms with Crippen molar-refractivity contribution in [3.05, 3.63) is 0 Å². The topological polar surface area (TPSA) is 55.8 Å². The van der Waals surface area contributed by atoms with Gasteiger partial charge in [0.1, 0.15) is 13.2 Å². The molecule has 1 aliphatic carbocycles. The molecule has 7 heteroatoms. The lowest BCUT2D eigenvalue weighted by molar-refractivity contribution is -0.870. The molecule has 0 aliphatic heterocycles. The third kappa shape index (κ3) is 19.6. The Morgan fingerprint density at radius 3 is 1.91 bits per heavy atom. The second kappa shape index (κ2) is 19.5. The number of unbranched alkanes of at least 4 members (excludes halogenated alkanes) is 13. The van der Waals surface area contributed by atoms with E-state index in [1.807, 2.05) is 32.9 Å². The van der Waals surface area contributed by atoms with Gasteiger partial charge in [-0.3, -0.25) is 9.05 Å². The molecule has 1 saturated carbocycles. The number of nitrogens with zero attached hydrogens (tertiary/aromatic N) is 1. The number of thioether (sulfide) groups is 1. The highest BCUT2D eigenvalue weighted by Gasteiger charge is 2.31. The number of rotatable bonds is 22. The highest BCUT2D eigenvalue weighted by Crippen LogP contribution is 2.47. The second-order valence-corrected chi connectivity index (χ2v) is 14.1. The number of quaternary nitrogens is 1. The molecule has 0 amide bonds. The highest BCUT2D eigenvalue weighted by atomic mass is 32.2. The summed E-state index contributed by atoms with van der Waals surface area (Å²) in [5.41, 5.74) is 0. The van der Waals surface area contributed by atoms with Crippen molar-refractivity contribution in [1.82, 2.24) is 0 Å². The molecule has 0 saturated heterocycles. The lowest BCUT2D eigenvalue weighted by Gasteiger charge is -2.30. The predicted octanol–water partition coefficient (Wildman–Crippen LogP) is 8.35. The molecule has 0 aromatic rings. The van der Waals surface area contributed by atoms with Crippen molar-refractivity contribution in [2.24, 2.45) is 0 Å². The maximum absolute atomic E-state index is 12.3. The van der Waals surface area contributed by atoms with Crippen LogP contribution in [-0.4, -0.2) is 60.8 Å². The summed E-state index contributed by atoms with van der Waals surface area (Å²) in [4.78, 5) is 10.1. The largest absolute Gasteiger partial charge is 0.472 e. The van der Waals surface area contributed by atoms with E-state index in [-0.39, 0.29) is 12.7 Å². The first-order valence-electron chi connectivity index (χ1n) is 14.3. The molecule has 34 heavy (non-hydrogen) atoms. The fourth-order valence-corrected chi connectivity index (χ4v) is 6.87. The van der Waals surface area contributed by atoms with Crippen LogP contribution in [0, 0.1) is 0 Å². The Labute approximate surface area is 216 Å². The van der Waals surface area contributed by atoms with Gasteiger partial charge >= 0.3 is 7.82 Å². The van der Waals surface area contributed by atoms with E-state index >= 15 is 0 Å². The summed E-state index contributed by atoms with van der Waals surface area (Å²) in [5.74, 6) is 1.20. The van der Waals surface area contributed by atoms with Gasteiger partial charge in [-0.1, -0.05) is 90.4 Å². The molecule has 0 spiro atoms. The molecule has 5 nitrogen and oxygen atoms in total. The smallest absolute Gasteiger partial charge is 0.329 e. The minimum absolute atomic E-state index is 0.150. The van der Waals surface area contributed by atoms with Gasteiger partial charge in [0.2, 0.25) is 0 Å². The maximum atomic E-state index is 12.3. The average molecular weight is 523 g/mol. The number of likely N-dealkylation sites (N-methyl/N-ethyl adjacent to an activating group) is 1. The van der Waals surface area contributed by atoms with Crippen molar-refractivity contribution in [3.8, 4) is 0 Å². The molecule has 1 N–H and O–H groups in total. The Bertz CT molecular complexity index is 529. The molecule has 0 aromatic heterocycles. The van der Waals surface area contributed by atoms with Crippen LogP contribution in [0.5, 0.6) is 0 Å². The summed E-state index contributed by atoms with van der Waals surface area (Å²) < 4.78 is 23.7. The molecule has 3 atom stereocenters. The summed E-state index contributed by atoms with van der Waals surface area (Å²) in [5, 5.41) is 0.548. The van der Waals surface area contributed by atoms with Gasteiger partial charge in [-0.05, 0) is 37.9 Å². The number of phosphoric acid groups is 1. The van der Waals surface area contributed by atoms with E-state index in [1.54, 1.807) is 0 Å². The monoisotopic (exact) mass is 522 g/mol. The maximum Gasteiger partial charge on any atom is 0.472 e. The van der Waals surface area contributed by atoms with Gasteiger partial charge in [0.25, 0.3) is 0 Å². The van der Waals surface area contributed by atoms with Crippen LogP contribution in [0.3, 0.4) is 0 Å². The SMILES string of the molecule is CCCCCCCCCCCCCCCCS[C@@H]1CCC[C@@H](OP(=O)(O)OCC[N+](C)(C)C)C1. The molecular formula is C27H57NO4PS+. The van der Waals surface area contributed by atoms with Crippen LogP contribution in [0.25, 0.3) is 0 Å². The predicted molar refractivity (Wildman–Crippen MR) is 149 cm³/mol. The van der Waals surface area contributed by atoms with Crippen LogP contribution in [0.15, 0.2) is 0 Å². The molecule has 1 unspecified atom stereocenters. The number of hydrogen-bond acceptors (Lipinski definition) is 4. The second-order valence-electron chi connectivity index (χ2n) is 11.3. The Kier molecular flexibility index (Phi) is 18.6. The van der Waals surface area contributed by atoms with Gasteiger partial charge in [-0.15, -0.1) is 0 Å². The first-order chi connectivity index (χ1) is 16.2. The Hall–Kier alpha value is 0.420. The van der Waals surface area contributed by atoms with E-state index in [0.29, 0.717) is 16.3 Å². The number of phosphoric ester groups is 1. The summed E-state index contributed by atoms with van der Waals surface area (Å²) in [6, 6.07) is 0. The third-order valence-electron chi connectivity index (χ3n) is 6.73. The van der Waals surface area contributed by atoms with Gasteiger partial charge < -0.3 is 9.38 Å². The fraction of sp³-hybridized carbons (Fsp3) is 1.00. The zero-order chi connectivity index (χ0) is 25.1. The Morgan fingerprint density at radius 1 is 0.853 bits per heavy atom. The van der Waals surface area contributed by atoms with E-state index in [4.69, 9.17) is 9.05 Å². The lowest BCUT2D eigenvalue weighted by Crippen LogP contribution is -2.37. The van der Waals surface area contributed by atoms with E-state index in [1.165, 1.54) is 102 Å². The summed E-state index contributed by atoms with van der Waals surface area (Å²) in [6.45, 7) is 3.20. The van der Waals surface area contributed by atoms with Crippen LogP contribution in [0.2, 0.25) is 0 Å². The van der Waals surface area contributed by atoms with E-state index in [0.717, 1.165) is 19.3 Å². The van der Waals surface area contributed by atoms with E-state index in [9.17, 15) is 9.46 Å². The minimum Gasteiger partial charge on any atom is -0.329 e.